The molecule has 0 radical (unpaired) electrons. The zero-order chi connectivity index (χ0) is 15.4. The molecular weight excluding hydrogens is 512 g/mol. The maximum atomic E-state index is 12.1. The van der Waals surface area contributed by atoms with Crippen molar-refractivity contribution in [3.63, 3.8) is 0 Å². The SMILES string of the molecule is Cc1cc(I)cnc1NC(=S)NC(=O)c1ccccc1I. The van der Waals surface area contributed by atoms with Crippen LogP contribution in [0.4, 0.5) is 5.82 Å². The van der Waals surface area contributed by atoms with Gasteiger partial charge in [-0.1, -0.05) is 12.1 Å². The predicted molar refractivity (Wildman–Crippen MR) is 105 cm³/mol. The molecule has 0 aliphatic heterocycles. The number of nitrogens with one attached hydrogen (secondary N) is 2. The van der Waals surface area contributed by atoms with Crippen LogP contribution in [-0.2, 0) is 0 Å². The fourth-order valence-corrected chi connectivity index (χ4v) is 3.05. The Labute approximate surface area is 155 Å². The number of carbonyl (C=O) groups is 1. The molecular formula is C14H11I2N3OS. The minimum atomic E-state index is -0.235. The maximum Gasteiger partial charge on any atom is 0.258 e. The molecule has 2 rings (SSSR count). The predicted octanol–water partition coefficient (Wildman–Crippen LogP) is 3.73. The molecule has 0 aliphatic rings. The second-order valence-electron chi connectivity index (χ2n) is 4.21. The number of anilines is 1. The lowest BCUT2D eigenvalue weighted by atomic mass is 10.2. The van der Waals surface area contributed by atoms with E-state index in [1.165, 1.54) is 0 Å². The molecule has 1 amide bonds. The summed E-state index contributed by atoms with van der Waals surface area (Å²) in [5.41, 5.74) is 1.56. The lowest BCUT2D eigenvalue weighted by Gasteiger charge is -2.11. The van der Waals surface area contributed by atoms with Gasteiger partial charge in [-0.05, 0) is 88.1 Å². The van der Waals surface area contributed by atoms with Crippen molar-refractivity contribution in [2.24, 2.45) is 0 Å². The van der Waals surface area contributed by atoms with Crippen molar-refractivity contribution < 1.29 is 4.79 Å². The second kappa shape index (κ2) is 7.45. The Morgan fingerprint density at radius 3 is 2.67 bits per heavy atom. The van der Waals surface area contributed by atoms with Crippen LogP contribution in [0.1, 0.15) is 15.9 Å². The number of pyridine rings is 1. The molecule has 1 aromatic carbocycles. The normalized spacial score (nSPS) is 10.0. The average Bonchev–Trinajstić information content (AvgIpc) is 2.42. The van der Waals surface area contributed by atoms with Crippen LogP contribution in [0.15, 0.2) is 36.5 Å². The molecule has 1 heterocycles. The summed E-state index contributed by atoms with van der Waals surface area (Å²) < 4.78 is 1.92. The van der Waals surface area contributed by atoms with Gasteiger partial charge >= 0.3 is 0 Å². The highest BCUT2D eigenvalue weighted by Crippen LogP contribution is 2.14. The summed E-state index contributed by atoms with van der Waals surface area (Å²) in [6, 6.07) is 9.32. The largest absolute Gasteiger partial charge is 0.317 e. The van der Waals surface area contributed by atoms with Crippen molar-refractivity contribution >= 4 is 74.2 Å². The first-order valence-corrected chi connectivity index (χ1v) is 8.53. The number of hydrogen-bond donors (Lipinski definition) is 2. The van der Waals surface area contributed by atoms with Crippen molar-refractivity contribution in [1.29, 1.82) is 0 Å². The molecule has 108 valence electrons. The lowest BCUT2D eigenvalue weighted by Crippen LogP contribution is -2.35. The van der Waals surface area contributed by atoms with Gasteiger partial charge in [0.2, 0.25) is 0 Å². The monoisotopic (exact) mass is 523 g/mol. The van der Waals surface area contributed by atoms with Crippen molar-refractivity contribution in [2.45, 2.75) is 6.92 Å². The molecule has 0 fully saturated rings. The molecule has 0 saturated heterocycles. The number of carbonyl (C=O) groups excluding carboxylic acids is 1. The van der Waals surface area contributed by atoms with Gasteiger partial charge in [0.15, 0.2) is 5.11 Å². The first-order valence-electron chi connectivity index (χ1n) is 5.96. The molecule has 7 heteroatoms. The molecule has 0 atom stereocenters. The van der Waals surface area contributed by atoms with Crippen LogP contribution < -0.4 is 10.6 Å². The third-order valence-electron chi connectivity index (χ3n) is 2.62. The summed E-state index contributed by atoms with van der Waals surface area (Å²) >= 11 is 9.47. The zero-order valence-electron chi connectivity index (χ0n) is 11.0. The molecule has 0 bridgehead atoms. The van der Waals surface area contributed by atoms with Crippen molar-refractivity contribution in [3.8, 4) is 0 Å². The summed E-state index contributed by atoms with van der Waals surface area (Å²) in [5, 5.41) is 5.84. The molecule has 4 nitrogen and oxygen atoms in total. The highest BCUT2D eigenvalue weighted by molar-refractivity contribution is 14.1. The number of nitrogens with zero attached hydrogens (tertiary/aromatic N) is 1. The Hall–Kier alpha value is -0.810. The third-order valence-corrected chi connectivity index (χ3v) is 4.36. The molecule has 21 heavy (non-hydrogen) atoms. The van der Waals surface area contributed by atoms with Gasteiger partial charge in [0.25, 0.3) is 5.91 Å². The van der Waals surface area contributed by atoms with E-state index in [1.807, 2.05) is 31.2 Å². The molecule has 0 unspecified atom stereocenters. The third kappa shape index (κ3) is 4.58. The lowest BCUT2D eigenvalue weighted by molar-refractivity contribution is 0.0977. The number of hydrogen-bond acceptors (Lipinski definition) is 3. The van der Waals surface area contributed by atoms with Gasteiger partial charge < -0.3 is 5.32 Å². The summed E-state index contributed by atoms with van der Waals surface area (Å²) in [6.07, 6.45) is 1.74. The molecule has 0 spiro atoms. The van der Waals surface area contributed by atoms with E-state index in [2.05, 4.69) is 60.8 Å². The number of thiocarbonyl (C=S) groups is 1. The van der Waals surface area contributed by atoms with Crippen LogP contribution in [-0.4, -0.2) is 16.0 Å². The van der Waals surface area contributed by atoms with E-state index >= 15 is 0 Å². The highest BCUT2D eigenvalue weighted by atomic mass is 127. The number of aryl methyl sites for hydroxylation is 1. The number of halogens is 2. The fraction of sp³-hybridized carbons (Fsp3) is 0.0714. The van der Waals surface area contributed by atoms with Gasteiger partial charge in [0.05, 0.1) is 5.56 Å². The van der Waals surface area contributed by atoms with Crippen molar-refractivity contribution in [2.75, 3.05) is 5.32 Å². The van der Waals surface area contributed by atoms with E-state index in [9.17, 15) is 4.79 Å². The quantitative estimate of drug-likeness (QED) is 0.466. The zero-order valence-corrected chi connectivity index (χ0v) is 16.1. The van der Waals surface area contributed by atoms with Gasteiger partial charge in [0, 0.05) is 13.3 Å². The van der Waals surface area contributed by atoms with Crippen LogP contribution in [0, 0.1) is 14.1 Å². The van der Waals surface area contributed by atoms with Gasteiger partial charge in [-0.25, -0.2) is 4.98 Å². The van der Waals surface area contributed by atoms with E-state index in [-0.39, 0.29) is 11.0 Å². The summed E-state index contributed by atoms with van der Waals surface area (Å²) in [5.74, 6) is 0.407. The fourth-order valence-electron chi connectivity index (χ4n) is 1.63. The van der Waals surface area contributed by atoms with Gasteiger partial charge in [-0.2, -0.15) is 0 Å². The minimum Gasteiger partial charge on any atom is -0.317 e. The highest BCUT2D eigenvalue weighted by Gasteiger charge is 2.11. The topological polar surface area (TPSA) is 54.0 Å². The van der Waals surface area contributed by atoms with Gasteiger partial charge in [-0.3, -0.25) is 10.1 Å². The Kier molecular flexibility index (Phi) is 5.88. The number of aromatic nitrogens is 1. The van der Waals surface area contributed by atoms with Gasteiger partial charge in [-0.15, -0.1) is 0 Å². The Balaban J connectivity index is 2.05. The molecule has 2 aromatic rings. The Morgan fingerprint density at radius 1 is 1.29 bits per heavy atom. The van der Waals surface area contributed by atoms with E-state index < -0.39 is 0 Å². The maximum absolute atomic E-state index is 12.1. The number of amides is 1. The molecule has 0 saturated carbocycles. The second-order valence-corrected chi connectivity index (χ2v) is 7.02. The van der Waals surface area contributed by atoms with E-state index in [0.717, 1.165) is 12.7 Å². The molecule has 1 aromatic heterocycles. The summed E-state index contributed by atoms with van der Waals surface area (Å²) in [4.78, 5) is 16.4. The Morgan fingerprint density at radius 2 is 2.00 bits per heavy atom. The van der Waals surface area contributed by atoms with Crippen molar-refractivity contribution in [3.05, 3.63) is 54.8 Å². The summed E-state index contributed by atoms with van der Waals surface area (Å²) in [7, 11) is 0. The first-order chi connectivity index (χ1) is 9.97. The summed E-state index contributed by atoms with van der Waals surface area (Å²) in [6.45, 7) is 1.93. The van der Waals surface area contributed by atoms with E-state index in [0.29, 0.717) is 11.4 Å². The average molecular weight is 523 g/mol. The minimum absolute atomic E-state index is 0.233. The van der Waals surface area contributed by atoms with Crippen LogP contribution in [0.2, 0.25) is 0 Å². The Bertz CT molecular complexity index is 706. The van der Waals surface area contributed by atoms with Crippen LogP contribution in [0.3, 0.4) is 0 Å². The van der Waals surface area contributed by atoms with Gasteiger partial charge in [0.1, 0.15) is 5.82 Å². The van der Waals surface area contributed by atoms with E-state index in [1.54, 1.807) is 12.3 Å². The smallest absolute Gasteiger partial charge is 0.258 e. The standard InChI is InChI=1S/C14H11I2N3OS/c1-8-6-9(15)7-17-12(8)18-14(21)19-13(20)10-4-2-3-5-11(10)16/h2-7H,1H3,(H2,17,18,19,20,21). The number of benzene rings is 1. The van der Waals surface area contributed by atoms with Crippen LogP contribution >= 0.6 is 57.4 Å². The number of rotatable bonds is 2. The molecule has 0 aliphatic carbocycles. The van der Waals surface area contributed by atoms with Crippen LogP contribution in [0.25, 0.3) is 0 Å². The molecule has 2 N–H and O–H groups in total. The van der Waals surface area contributed by atoms with Crippen molar-refractivity contribution in [1.82, 2.24) is 10.3 Å². The van der Waals surface area contributed by atoms with Crippen LogP contribution in [0.5, 0.6) is 0 Å². The van der Waals surface area contributed by atoms with E-state index in [4.69, 9.17) is 12.2 Å². The first kappa shape index (κ1) is 16.6.